The highest BCUT2D eigenvalue weighted by Gasteiger charge is 2.23. The number of methoxy groups -OCH3 is 1. The van der Waals surface area contributed by atoms with E-state index in [1.807, 2.05) is 0 Å². The highest BCUT2D eigenvalue weighted by atomic mass is 35.5. The van der Waals surface area contributed by atoms with E-state index in [9.17, 15) is 19.5 Å². The summed E-state index contributed by atoms with van der Waals surface area (Å²) >= 11 is 5.96. The number of aromatic nitrogens is 2. The quantitative estimate of drug-likeness (QED) is 0.680. The van der Waals surface area contributed by atoms with Gasteiger partial charge < -0.3 is 15.2 Å². The first-order valence-electron chi connectivity index (χ1n) is 8.22. The summed E-state index contributed by atoms with van der Waals surface area (Å²) in [4.78, 5) is 37.0. The number of rotatable bonds is 5. The van der Waals surface area contributed by atoms with Gasteiger partial charge in [0.15, 0.2) is 5.69 Å². The van der Waals surface area contributed by atoms with Crippen LogP contribution >= 0.6 is 11.6 Å². The first-order chi connectivity index (χ1) is 13.3. The number of fused-ring (bicyclic) bond motifs is 1. The fraction of sp³-hybridized carbons (Fsp3) is 0.158. The van der Waals surface area contributed by atoms with Crippen molar-refractivity contribution in [3.8, 4) is 5.75 Å². The largest absolute Gasteiger partial charge is 0.495 e. The number of ether oxygens (including phenoxy) is 1. The Labute approximate surface area is 164 Å². The lowest BCUT2D eigenvalue weighted by atomic mass is 10.1. The van der Waals surface area contributed by atoms with E-state index in [2.05, 4.69) is 10.4 Å². The Kier molecular flexibility index (Phi) is 5.32. The minimum Gasteiger partial charge on any atom is -0.495 e. The topological polar surface area (TPSA) is 111 Å². The van der Waals surface area contributed by atoms with Gasteiger partial charge in [-0.15, -0.1) is 0 Å². The molecule has 3 aromatic rings. The zero-order chi connectivity index (χ0) is 20.4. The van der Waals surface area contributed by atoms with Crippen molar-refractivity contribution < 1.29 is 19.4 Å². The van der Waals surface area contributed by atoms with Gasteiger partial charge in [-0.25, -0.2) is 9.48 Å². The van der Waals surface area contributed by atoms with Crippen LogP contribution in [0, 0.1) is 0 Å². The van der Waals surface area contributed by atoms with Crippen LogP contribution in [0.25, 0.3) is 10.8 Å². The summed E-state index contributed by atoms with van der Waals surface area (Å²) in [6.45, 7) is 1.45. The van der Waals surface area contributed by atoms with Gasteiger partial charge in [0.1, 0.15) is 11.8 Å². The van der Waals surface area contributed by atoms with E-state index in [1.54, 1.807) is 24.3 Å². The lowest BCUT2D eigenvalue weighted by Crippen LogP contribution is -2.34. The molecule has 3 rings (SSSR count). The highest BCUT2D eigenvalue weighted by molar-refractivity contribution is 6.31. The maximum absolute atomic E-state index is 12.8. The minimum atomic E-state index is -1.30. The molecule has 0 aliphatic heterocycles. The summed E-state index contributed by atoms with van der Waals surface area (Å²) in [6, 6.07) is 9.83. The van der Waals surface area contributed by atoms with E-state index in [-0.39, 0.29) is 16.5 Å². The van der Waals surface area contributed by atoms with Crippen LogP contribution in [0.3, 0.4) is 0 Å². The number of anilines is 1. The number of nitrogens with zero attached hydrogens (tertiary/aromatic N) is 2. The number of carbonyl (C=O) groups is 2. The summed E-state index contributed by atoms with van der Waals surface area (Å²) < 4.78 is 6.04. The van der Waals surface area contributed by atoms with Gasteiger partial charge in [0.2, 0.25) is 5.91 Å². The summed E-state index contributed by atoms with van der Waals surface area (Å²) in [5.74, 6) is -1.49. The van der Waals surface area contributed by atoms with E-state index in [0.717, 1.165) is 4.68 Å². The molecule has 8 nitrogen and oxygen atoms in total. The minimum absolute atomic E-state index is 0.162. The molecule has 2 aromatic carbocycles. The number of aromatic carboxylic acids is 1. The molecule has 0 bridgehead atoms. The van der Waals surface area contributed by atoms with E-state index >= 15 is 0 Å². The maximum atomic E-state index is 12.8. The van der Waals surface area contributed by atoms with Gasteiger partial charge in [0, 0.05) is 10.4 Å². The van der Waals surface area contributed by atoms with Crippen molar-refractivity contribution in [1.29, 1.82) is 0 Å². The van der Waals surface area contributed by atoms with E-state index < -0.39 is 23.5 Å². The predicted molar refractivity (Wildman–Crippen MR) is 104 cm³/mol. The smallest absolute Gasteiger partial charge is 0.357 e. The molecular weight excluding hydrogens is 386 g/mol. The van der Waals surface area contributed by atoms with Gasteiger partial charge in [-0.2, -0.15) is 5.10 Å². The number of carboxylic acids is 1. The molecule has 0 aliphatic carbocycles. The van der Waals surface area contributed by atoms with Crippen molar-refractivity contribution in [3.63, 3.8) is 0 Å². The number of nitrogens with one attached hydrogen (secondary N) is 1. The maximum Gasteiger partial charge on any atom is 0.357 e. The van der Waals surface area contributed by atoms with Crippen LogP contribution in [-0.2, 0) is 4.79 Å². The third kappa shape index (κ3) is 3.54. The molecule has 0 aliphatic rings. The number of amides is 1. The number of hydrogen-bond acceptors (Lipinski definition) is 5. The van der Waals surface area contributed by atoms with Crippen molar-refractivity contribution >= 4 is 39.9 Å². The first-order valence-corrected chi connectivity index (χ1v) is 8.60. The van der Waals surface area contributed by atoms with E-state index in [0.29, 0.717) is 16.5 Å². The molecule has 0 radical (unpaired) electrons. The summed E-state index contributed by atoms with van der Waals surface area (Å²) in [5.41, 5.74) is -0.560. The molecule has 144 valence electrons. The van der Waals surface area contributed by atoms with Crippen LogP contribution in [0.2, 0.25) is 5.02 Å². The van der Waals surface area contributed by atoms with E-state index in [4.69, 9.17) is 16.3 Å². The van der Waals surface area contributed by atoms with Crippen molar-refractivity contribution in [3.05, 3.63) is 63.5 Å². The van der Waals surface area contributed by atoms with Gasteiger partial charge in [-0.1, -0.05) is 29.8 Å². The number of carbonyl (C=O) groups excluding carboxylic acids is 1. The second-order valence-corrected chi connectivity index (χ2v) is 6.40. The van der Waals surface area contributed by atoms with E-state index in [1.165, 1.54) is 32.2 Å². The van der Waals surface area contributed by atoms with Crippen LogP contribution in [0.15, 0.2) is 47.3 Å². The van der Waals surface area contributed by atoms with Crippen molar-refractivity contribution in [1.82, 2.24) is 9.78 Å². The van der Waals surface area contributed by atoms with Gasteiger partial charge in [0.25, 0.3) is 5.56 Å². The second-order valence-electron chi connectivity index (χ2n) is 5.96. The molecule has 1 amide bonds. The molecule has 1 heterocycles. The van der Waals surface area contributed by atoms with Crippen molar-refractivity contribution in [2.45, 2.75) is 13.0 Å². The standard InChI is InChI=1S/C19H16ClN3O5/c1-10(17(24)21-14-9-11(20)7-8-15(14)28-2)23-18(25)13-6-4-3-5-12(13)16(22-23)19(26)27/h3-10H,1-2H3,(H,21,24)(H,26,27). The number of halogens is 1. The van der Waals surface area contributed by atoms with Crippen molar-refractivity contribution in [2.75, 3.05) is 12.4 Å². The molecule has 0 saturated heterocycles. The van der Waals surface area contributed by atoms with Crippen LogP contribution in [0.4, 0.5) is 5.69 Å². The third-order valence-corrected chi connectivity index (χ3v) is 4.43. The van der Waals surface area contributed by atoms with Crippen LogP contribution in [0.1, 0.15) is 23.5 Å². The molecule has 2 N–H and O–H groups in total. The van der Waals surface area contributed by atoms with Crippen LogP contribution < -0.4 is 15.6 Å². The molecule has 1 atom stereocenters. The Hall–Kier alpha value is -3.39. The third-order valence-electron chi connectivity index (χ3n) is 4.20. The zero-order valence-electron chi connectivity index (χ0n) is 15.0. The first kappa shape index (κ1) is 19.4. The summed E-state index contributed by atoms with van der Waals surface area (Å²) in [5, 5.41) is 16.7. The Bertz CT molecular complexity index is 1140. The van der Waals surface area contributed by atoms with Gasteiger partial charge in [-0.05, 0) is 31.2 Å². The van der Waals surface area contributed by atoms with Crippen LogP contribution in [-0.4, -0.2) is 33.9 Å². The van der Waals surface area contributed by atoms with Crippen molar-refractivity contribution in [2.24, 2.45) is 0 Å². The highest BCUT2D eigenvalue weighted by Crippen LogP contribution is 2.28. The predicted octanol–water partition coefficient (Wildman–Crippen LogP) is 2.96. The molecule has 1 aromatic heterocycles. The molecule has 0 spiro atoms. The lowest BCUT2D eigenvalue weighted by molar-refractivity contribution is -0.119. The van der Waals surface area contributed by atoms with Gasteiger partial charge >= 0.3 is 5.97 Å². The zero-order valence-corrected chi connectivity index (χ0v) is 15.7. The number of hydrogen-bond donors (Lipinski definition) is 2. The van der Waals surface area contributed by atoms with Gasteiger partial charge in [0.05, 0.1) is 18.2 Å². The normalized spacial score (nSPS) is 11.8. The Morgan fingerprint density at radius 1 is 1.21 bits per heavy atom. The summed E-state index contributed by atoms with van der Waals surface area (Å²) in [6.07, 6.45) is 0. The monoisotopic (exact) mass is 401 g/mol. The fourth-order valence-corrected chi connectivity index (χ4v) is 2.93. The Morgan fingerprint density at radius 3 is 2.54 bits per heavy atom. The van der Waals surface area contributed by atoms with Crippen LogP contribution in [0.5, 0.6) is 5.75 Å². The number of carboxylic acid groups (broad SMARTS) is 1. The molecular formula is C19H16ClN3O5. The second kappa shape index (κ2) is 7.69. The molecule has 1 unspecified atom stereocenters. The lowest BCUT2D eigenvalue weighted by Gasteiger charge is -2.17. The molecule has 0 saturated carbocycles. The summed E-state index contributed by atoms with van der Waals surface area (Å²) in [7, 11) is 1.44. The Balaban J connectivity index is 2.04. The average molecular weight is 402 g/mol. The fourth-order valence-electron chi connectivity index (χ4n) is 2.75. The molecule has 28 heavy (non-hydrogen) atoms. The molecule has 9 heteroatoms. The van der Waals surface area contributed by atoms with Gasteiger partial charge in [-0.3, -0.25) is 9.59 Å². The molecule has 0 fully saturated rings. The number of benzene rings is 2. The SMILES string of the molecule is COc1ccc(Cl)cc1NC(=O)C(C)n1nc(C(=O)O)c2ccccc2c1=O. The average Bonchev–Trinajstić information content (AvgIpc) is 2.68. The Morgan fingerprint density at radius 2 is 1.89 bits per heavy atom.